The van der Waals surface area contributed by atoms with Gasteiger partial charge in [0.2, 0.25) is 0 Å². The lowest BCUT2D eigenvalue weighted by molar-refractivity contribution is 0.0505. The zero-order chi connectivity index (χ0) is 19.0. The number of ether oxygens (including phenoxy) is 3. The van der Waals surface area contributed by atoms with Gasteiger partial charge in [-0.15, -0.1) is 0 Å². The fraction of sp³-hybridized carbons (Fsp3) is 0.632. The van der Waals surface area contributed by atoms with Crippen LogP contribution < -0.4 is 15.4 Å². The summed E-state index contributed by atoms with van der Waals surface area (Å²) in [4.78, 5) is 4.33. The highest BCUT2D eigenvalue weighted by molar-refractivity contribution is 6.30. The molecule has 6 nitrogen and oxygen atoms in total. The fourth-order valence-corrected chi connectivity index (χ4v) is 3.54. The molecule has 0 amide bonds. The molecule has 1 saturated heterocycles. The van der Waals surface area contributed by atoms with E-state index in [1.807, 2.05) is 18.2 Å². The molecule has 1 aliphatic heterocycles. The van der Waals surface area contributed by atoms with Crippen molar-refractivity contribution in [2.45, 2.75) is 31.2 Å². The Morgan fingerprint density at radius 2 is 2.08 bits per heavy atom. The second kappa shape index (κ2) is 10.00. The third-order valence-electron chi connectivity index (χ3n) is 4.80. The molecule has 0 saturated carbocycles. The number of benzene rings is 1. The molecule has 2 N–H and O–H groups in total. The summed E-state index contributed by atoms with van der Waals surface area (Å²) >= 11 is 6.29. The quantitative estimate of drug-likeness (QED) is 0.559. The highest BCUT2D eigenvalue weighted by Crippen LogP contribution is 2.40. The molecule has 0 radical (unpaired) electrons. The molecule has 146 valence electrons. The van der Waals surface area contributed by atoms with Crippen LogP contribution >= 0.6 is 11.6 Å². The van der Waals surface area contributed by atoms with Crippen LogP contribution in [0.25, 0.3) is 0 Å². The molecule has 0 bridgehead atoms. The van der Waals surface area contributed by atoms with E-state index in [-0.39, 0.29) is 11.5 Å². The summed E-state index contributed by atoms with van der Waals surface area (Å²) in [6, 6.07) is 5.97. The lowest BCUT2D eigenvalue weighted by Gasteiger charge is -2.39. The van der Waals surface area contributed by atoms with Gasteiger partial charge in [-0.05, 0) is 38.0 Å². The first kappa shape index (κ1) is 20.8. The van der Waals surface area contributed by atoms with E-state index in [0.29, 0.717) is 31.4 Å². The van der Waals surface area contributed by atoms with Gasteiger partial charge in [0.15, 0.2) is 5.96 Å². The number of methoxy groups -OCH3 is 2. The van der Waals surface area contributed by atoms with Crippen molar-refractivity contribution < 1.29 is 14.2 Å². The molecule has 1 unspecified atom stereocenters. The van der Waals surface area contributed by atoms with E-state index >= 15 is 0 Å². The molecule has 1 aromatic rings. The highest BCUT2D eigenvalue weighted by Gasteiger charge is 2.37. The summed E-state index contributed by atoms with van der Waals surface area (Å²) in [6.45, 7) is 4.81. The van der Waals surface area contributed by atoms with Crippen LogP contribution in [0.1, 0.15) is 25.3 Å². The average Bonchev–Trinajstić information content (AvgIpc) is 2.66. The van der Waals surface area contributed by atoms with E-state index in [4.69, 9.17) is 25.8 Å². The van der Waals surface area contributed by atoms with E-state index in [9.17, 15) is 0 Å². The van der Waals surface area contributed by atoms with Gasteiger partial charge >= 0.3 is 0 Å². The molecular formula is C19H30ClN3O3. The minimum absolute atomic E-state index is 0.128. The van der Waals surface area contributed by atoms with Crippen LogP contribution in [-0.4, -0.2) is 59.6 Å². The zero-order valence-corrected chi connectivity index (χ0v) is 16.9. The molecular weight excluding hydrogens is 354 g/mol. The van der Waals surface area contributed by atoms with Crippen LogP contribution in [0.15, 0.2) is 23.2 Å². The standard InChI is InChI=1S/C19H30ClN3O3/c1-14(12-24-3)23-18(21-2)22-13-19(7-9-26-10-8-19)16-11-15(20)5-6-17(16)25-4/h5-6,11,14H,7-10,12-13H2,1-4H3,(H2,21,22,23). The minimum Gasteiger partial charge on any atom is -0.496 e. The Kier molecular flexibility index (Phi) is 8.00. The van der Waals surface area contributed by atoms with Crippen LogP contribution in [0.4, 0.5) is 0 Å². The van der Waals surface area contributed by atoms with Crippen LogP contribution in [0.5, 0.6) is 5.75 Å². The van der Waals surface area contributed by atoms with Crippen molar-refractivity contribution >= 4 is 17.6 Å². The van der Waals surface area contributed by atoms with Crippen molar-refractivity contribution in [3.05, 3.63) is 28.8 Å². The number of aliphatic imine (C=N–C) groups is 1. The third kappa shape index (κ3) is 5.25. The summed E-state index contributed by atoms with van der Waals surface area (Å²) in [5.41, 5.74) is 0.986. The average molecular weight is 384 g/mol. The number of halogens is 1. The van der Waals surface area contributed by atoms with E-state index in [2.05, 4.69) is 22.5 Å². The van der Waals surface area contributed by atoms with E-state index in [1.54, 1.807) is 21.3 Å². The van der Waals surface area contributed by atoms with E-state index in [0.717, 1.165) is 30.1 Å². The summed E-state index contributed by atoms with van der Waals surface area (Å²) < 4.78 is 16.4. The van der Waals surface area contributed by atoms with Crippen LogP contribution in [0.2, 0.25) is 5.02 Å². The predicted octanol–water partition coefficient (Wildman–Crippen LogP) is 2.60. The first-order valence-corrected chi connectivity index (χ1v) is 9.30. The SMILES string of the molecule is CN=C(NCC1(c2cc(Cl)ccc2OC)CCOCC1)NC(C)COC. The summed E-state index contributed by atoms with van der Waals surface area (Å²) in [5, 5.41) is 7.52. The Morgan fingerprint density at radius 3 is 2.69 bits per heavy atom. The van der Waals surface area contributed by atoms with E-state index in [1.165, 1.54) is 0 Å². The second-order valence-corrected chi connectivity index (χ2v) is 7.10. The van der Waals surface area contributed by atoms with Crippen molar-refractivity contribution in [2.75, 3.05) is 47.6 Å². The molecule has 2 rings (SSSR count). The Bertz CT molecular complexity index is 604. The third-order valence-corrected chi connectivity index (χ3v) is 5.04. The maximum absolute atomic E-state index is 6.29. The number of hydrogen-bond donors (Lipinski definition) is 2. The number of nitrogens with zero attached hydrogens (tertiary/aromatic N) is 1. The Balaban J connectivity index is 2.21. The summed E-state index contributed by atoms with van der Waals surface area (Å²) in [6.07, 6.45) is 1.78. The normalized spacial score (nSPS) is 18.3. The Morgan fingerprint density at radius 1 is 1.35 bits per heavy atom. The van der Waals surface area contributed by atoms with Gasteiger partial charge in [0.25, 0.3) is 0 Å². The molecule has 1 atom stereocenters. The fourth-order valence-electron chi connectivity index (χ4n) is 3.37. The first-order valence-electron chi connectivity index (χ1n) is 8.92. The molecule has 0 spiro atoms. The van der Waals surface area contributed by atoms with Gasteiger partial charge in [0.05, 0.1) is 13.7 Å². The molecule has 1 aromatic carbocycles. The predicted molar refractivity (Wildman–Crippen MR) is 106 cm³/mol. The van der Waals surface area contributed by atoms with Crippen molar-refractivity contribution in [3.8, 4) is 5.75 Å². The number of guanidine groups is 1. The van der Waals surface area contributed by atoms with Crippen molar-refractivity contribution in [2.24, 2.45) is 4.99 Å². The molecule has 26 heavy (non-hydrogen) atoms. The van der Waals surface area contributed by atoms with Gasteiger partial charge in [0.1, 0.15) is 5.75 Å². The van der Waals surface area contributed by atoms with Gasteiger partial charge < -0.3 is 24.8 Å². The first-order chi connectivity index (χ1) is 12.5. The maximum Gasteiger partial charge on any atom is 0.191 e. The summed E-state index contributed by atoms with van der Waals surface area (Å²) in [7, 11) is 5.16. The smallest absolute Gasteiger partial charge is 0.191 e. The molecule has 7 heteroatoms. The molecule has 0 aliphatic carbocycles. The van der Waals surface area contributed by atoms with Gasteiger partial charge in [-0.3, -0.25) is 4.99 Å². The summed E-state index contributed by atoms with van der Waals surface area (Å²) in [5.74, 6) is 1.61. The zero-order valence-electron chi connectivity index (χ0n) is 16.1. The van der Waals surface area contributed by atoms with Crippen molar-refractivity contribution in [3.63, 3.8) is 0 Å². The van der Waals surface area contributed by atoms with Gasteiger partial charge in [-0.25, -0.2) is 0 Å². The van der Waals surface area contributed by atoms with Crippen molar-refractivity contribution in [1.82, 2.24) is 10.6 Å². The number of hydrogen-bond acceptors (Lipinski definition) is 4. The number of rotatable bonds is 7. The Hall–Kier alpha value is -1.50. The lowest BCUT2D eigenvalue weighted by atomic mass is 9.73. The van der Waals surface area contributed by atoms with Gasteiger partial charge in [-0.2, -0.15) is 0 Å². The molecule has 0 aromatic heterocycles. The van der Waals surface area contributed by atoms with Crippen LogP contribution in [0, 0.1) is 0 Å². The lowest BCUT2D eigenvalue weighted by Crippen LogP contribution is -2.50. The molecule has 1 heterocycles. The van der Waals surface area contributed by atoms with Gasteiger partial charge in [-0.1, -0.05) is 11.6 Å². The monoisotopic (exact) mass is 383 g/mol. The maximum atomic E-state index is 6.29. The Labute approximate surface area is 161 Å². The molecule has 1 fully saturated rings. The van der Waals surface area contributed by atoms with Gasteiger partial charge in [0, 0.05) is 56.0 Å². The van der Waals surface area contributed by atoms with E-state index < -0.39 is 0 Å². The molecule has 1 aliphatic rings. The second-order valence-electron chi connectivity index (χ2n) is 6.66. The minimum atomic E-state index is -0.128. The number of nitrogens with one attached hydrogen (secondary N) is 2. The van der Waals surface area contributed by atoms with Crippen LogP contribution in [-0.2, 0) is 14.9 Å². The van der Waals surface area contributed by atoms with Crippen LogP contribution in [0.3, 0.4) is 0 Å². The topological polar surface area (TPSA) is 64.1 Å². The van der Waals surface area contributed by atoms with Crippen molar-refractivity contribution in [1.29, 1.82) is 0 Å². The highest BCUT2D eigenvalue weighted by atomic mass is 35.5. The largest absolute Gasteiger partial charge is 0.496 e.